The molecule has 1 rings (SSSR count). The van der Waals surface area contributed by atoms with Crippen molar-refractivity contribution in [2.24, 2.45) is 5.41 Å². The highest BCUT2D eigenvalue weighted by Gasteiger charge is 2.11. The van der Waals surface area contributed by atoms with Crippen LogP contribution in [0.25, 0.3) is 0 Å². The van der Waals surface area contributed by atoms with E-state index in [1.54, 1.807) is 24.3 Å². The van der Waals surface area contributed by atoms with Gasteiger partial charge in [-0.3, -0.25) is 0 Å². The molecule has 0 aromatic heterocycles. The molecular formula is C14H21NO3. The minimum absolute atomic E-state index is 0.0897. The normalized spacial score (nSPS) is 11.1. The molecule has 18 heavy (non-hydrogen) atoms. The molecule has 0 atom stereocenters. The molecule has 4 heteroatoms. The average molecular weight is 251 g/mol. The Morgan fingerprint density at radius 3 is 2.67 bits per heavy atom. The highest BCUT2D eigenvalue weighted by molar-refractivity contribution is 5.71. The number of benzene rings is 1. The molecule has 0 saturated carbocycles. The van der Waals surface area contributed by atoms with Gasteiger partial charge in [0.15, 0.2) is 6.61 Å². The van der Waals surface area contributed by atoms with E-state index in [4.69, 9.17) is 15.2 Å². The third-order valence-electron chi connectivity index (χ3n) is 2.33. The van der Waals surface area contributed by atoms with Gasteiger partial charge >= 0.3 is 5.97 Å². The number of carbonyl (C=O) groups is 1. The maximum atomic E-state index is 11.4. The number of anilines is 1. The van der Waals surface area contributed by atoms with Crippen LogP contribution in [0.2, 0.25) is 0 Å². The van der Waals surface area contributed by atoms with Crippen LogP contribution in [-0.4, -0.2) is 19.2 Å². The van der Waals surface area contributed by atoms with E-state index in [-0.39, 0.29) is 18.0 Å². The third-order valence-corrected chi connectivity index (χ3v) is 2.33. The summed E-state index contributed by atoms with van der Waals surface area (Å²) >= 11 is 0. The van der Waals surface area contributed by atoms with Gasteiger partial charge in [-0.1, -0.05) is 26.8 Å². The van der Waals surface area contributed by atoms with Gasteiger partial charge in [-0.25, -0.2) is 4.79 Å². The number of nitrogens with two attached hydrogens (primary N) is 1. The first-order chi connectivity index (χ1) is 8.37. The fraction of sp³-hybridized carbons (Fsp3) is 0.500. The summed E-state index contributed by atoms with van der Waals surface area (Å²) in [5, 5.41) is 0. The number of rotatable bonds is 5. The van der Waals surface area contributed by atoms with E-state index in [1.807, 2.05) is 0 Å². The fourth-order valence-corrected chi connectivity index (χ4v) is 1.26. The van der Waals surface area contributed by atoms with Gasteiger partial charge in [-0.2, -0.15) is 0 Å². The summed E-state index contributed by atoms with van der Waals surface area (Å²) in [4.78, 5) is 11.4. The molecule has 1 aromatic rings. The van der Waals surface area contributed by atoms with Crippen molar-refractivity contribution in [3.8, 4) is 5.75 Å². The van der Waals surface area contributed by atoms with Gasteiger partial charge in [-0.05, 0) is 24.0 Å². The number of ether oxygens (including phenoxy) is 2. The first kappa shape index (κ1) is 14.4. The zero-order valence-electron chi connectivity index (χ0n) is 11.2. The molecule has 2 N–H and O–H groups in total. The topological polar surface area (TPSA) is 61.5 Å². The molecule has 0 radical (unpaired) electrons. The maximum absolute atomic E-state index is 11.4. The lowest BCUT2D eigenvalue weighted by atomic mass is 9.93. The van der Waals surface area contributed by atoms with Crippen molar-refractivity contribution in [3.05, 3.63) is 24.3 Å². The highest BCUT2D eigenvalue weighted by atomic mass is 16.6. The van der Waals surface area contributed by atoms with Crippen molar-refractivity contribution in [2.45, 2.75) is 27.2 Å². The Labute approximate surface area is 108 Å². The molecule has 0 amide bonds. The van der Waals surface area contributed by atoms with Crippen LogP contribution in [0.4, 0.5) is 5.69 Å². The Morgan fingerprint density at radius 2 is 2.06 bits per heavy atom. The van der Waals surface area contributed by atoms with E-state index in [0.29, 0.717) is 18.0 Å². The zero-order chi connectivity index (χ0) is 13.6. The van der Waals surface area contributed by atoms with Gasteiger partial charge in [0.25, 0.3) is 0 Å². The number of carbonyl (C=O) groups excluding carboxylic acids is 1. The van der Waals surface area contributed by atoms with Crippen molar-refractivity contribution in [3.63, 3.8) is 0 Å². The number of nitrogen functional groups attached to an aromatic ring is 1. The predicted octanol–water partition coefficient (Wildman–Crippen LogP) is 2.63. The monoisotopic (exact) mass is 251 g/mol. The third kappa shape index (κ3) is 6.13. The Kier molecular flexibility index (Phi) is 5.01. The molecule has 0 aliphatic heterocycles. The minimum atomic E-state index is -0.360. The van der Waals surface area contributed by atoms with Gasteiger partial charge < -0.3 is 15.2 Å². The molecular weight excluding hydrogens is 230 g/mol. The molecule has 0 unspecified atom stereocenters. The highest BCUT2D eigenvalue weighted by Crippen LogP contribution is 2.18. The summed E-state index contributed by atoms with van der Waals surface area (Å²) < 4.78 is 10.4. The average Bonchev–Trinajstić information content (AvgIpc) is 2.25. The van der Waals surface area contributed by atoms with Crippen LogP contribution in [0, 0.1) is 5.41 Å². The molecule has 0 heterocycles. The standard InChI is InChI=1S/C14H21NO3/c1-14(2,3)7-8-17-13(16)10-18-12-6-4-5-11(15)9-12/h4-6,9H,7-8,10,15H2,1-3H3. The van der Waals surface area contributed by atoms with Crippen LogP contribution in [0.5, 0.6) is 5.75 Å². The summed E-state index contributed by atoms with van der Waals surface area (Å²) in [6.07, 6.45) is 0.830. The van der Waals surface area contributed by atoms with Gasteiger partial charge in [0, 0.05) is 11.8 Å². The van der Waals surface area contributed by atoms with Crippen LogP contribution in [0.3, 0.4) is 0 Å². The molecule has 4 nitrogen and oxygen atoms in total. The van der Waals surface area contributed by atoms with Crippen LogP contribution < -0.4 is 10.5 Å². The second kappa shape index (κ2) is 6.28. The van der Waals surface area contributed by atoms with E-state index < -0.39 is 0 Å². The van der Waals surface area contributed by atoms with Gasteiger partial charge in [0.05, 0.1) is 6.61 Å². The largest absolute Gasteiger partial charge is 0.482 e. The number of hydrogen-bond acceptors (Lipinski definition) is 4. The lowest BCUT2D eigenvalue weighted by Crippen LogP contribution is -2.18. The zero-order valence-corrected chi connectivity index (χ0v) is 11.2. The van der Waals surface area contributed by atoms with Crippen molar-refractivity contribution < 1.29 is 14.3 Å². The maximum Gasteiger partial charge on any atom is 0.344 e. The van der Waals surface area contributed by atoms with E-state index in [0.717, 1.165) is 6.42 Å². The SMILES string of the molecule is CC(C)(C)CCOC(=O)COc1cccc(N)c1. The molecule has 100 valence electrons. The summed E-state index contributed by atoms with van der Waals surface area (Å²) in [6.45, 7) is 6.63. The van der Waals surface area contributed by atoms with E-state index >= 15 is 0 Å². The molecule has 0 aliphatic rings. The van der Waals surface area contributed by atoms with Crippen LogP contribution in [0.15, 0.2) is 24.3 Å². The minimum Gasteiger partial charge on any atom is -0.482 e. The van der Waals surface area contributed by atoms with Gasteiger partial charge in [0.2, 0.25) is 0 Å². The Morgan fingerprint density at radius 1 is 1.33 bits per heavy atom. The van der Waals surface area contributed by atoms with Crippen LogP contribution in [0.1, 0.15) is 27.2 Å². The molecule has 1 aromatic carbocycles. The fourth-order valence-electron chi connectivity index (χ4n) is 1.26. The van der Waals surface area contributed by atoms with Crippen molar-refractivity contribution >= 4 is 11.7 Å². The quantitative estimate of drug-likeness (QED) is 0.645. The Hall–Kier alpha value is -1.71. The van der Waals surface area contributed by atoms with Crippen molar-refractivity contribution in [2.75, 3.05) is 18.9 Å². The lowest BCUT2D eigenvalue weighted by Gasteiger charge is -2.17. The molecule has 0 aliphatic carbocycles. The second-order valence-corrected chi connectivity index (χ2v) is 5.39. The van der Waals surface area contributed by atoms with E-state index in [9.17, 15) is 4.79 Å². The van der Waals surface area contributed by atoms with E-state index in [1.165, 1.54) is 0 Å². The summed E-state index contributed by atoms with van der Waals surface area (Å²) in [7, 11) is 0. The number of hydrogen-bond donors (Lipinski definition) is 1. The first-order valence-electron chi connectivity index (χ1n) is 6.01. The molecule has 0 bridgehead atoms. The van der Waals surface area contributed by atoms with Crippen molar-refractivity contribution in [1.29, 1.82) is 0 Å². The van der Waals surface area contributed by atoms with Crippen LogP contribution >= 0.6 is 0 Å². The Balaban J connectivity index is 2.25. The van der Waals surface area contributed by atoms with E-state index in [2.05, 4.69) is 20.8 Å². The lowest BCUT2D eigenvalue weighted by molar-refractivity contribution is -0.146. The van der Waals surface area contributed by atoms with Gasteiger partial charge in [0.1, 0.15) is 5.75 Å². The van der Waals surface area contributed by atoms with Crippen LogP contribution in [-0.2, 0) is 9.53 Å². The second-order valence-electron chi connectivity index (χ2n) is 5.39. The summed E-state index contributed by atoms with van der Waals surface area (Å²) in [6, 6.07) is 6.95. The van der Waals surface area contributed by atoms with Crippen molar-refractivity contribution in [1.82, 2.24) is 0 Å². The Bertz CT molecular complexity index is 396. The molecule has 0 saturated heterocycles. The smallest absolute Gasteiger partial charge is 0.344 e. The first-order valence-corrected chi connectivity index (χ1v) is 6.01. The number of esters is 1. The van der Waals surface area contributed by atoms with Gasteiger partial charge in [-0.15, -0.1) is 0 Å². The molecule has 0 fully saturated rings. The summed E-state index contributed by atoms with van der Waals surface area (Å²) in [5.74, 6) is 0.212. The summed E-state index contributed by atoms with van der Waals surface area (Å²) in [5.41, 5.74) is 6.36. The molecule has 0 spiro atoms. The predicted molar refractivity (Wildman–Crippen MR) is 71.4 cm³/mol.